The summed E-state index contributed by atoms with van der Waals surface area (Å²) in [4.78, 5) is 1.51. The maximum atomic E-state index is 13.1. The first-order valence-corrected chi connectivity index (χ1v) is 9.24. The highest BCUT2D eigenvalue weighted by molar-refractivity contribution is 8.45. The molecule has 0 saturated heterocycles. The number of hydrogen-bond donors (Lipinski definition) is 1. The van der Waals surface area contributed by atoms with Gasteiger partial charge in [0.05, 0.1) is 5.69 Å². The number of aromatic hydroxyl groups is 1. The van der Waals surface area contributed by atoms with E-state index in [9.17, 15) is 24.5 Å². The molecule has 0 aliphatic carbocycles. The van der Waals surface area contributed by atoms with E-state index in [1.807, 2.05) is 20.8 Å². The summed E-state index contributed by atoms with van der Waals surface area (Å²) in [5, 5.41) is 10.3. The number of halogens is 5. The minimum absolute atomic E-state index is 0.143. The molecule has 0 aromatic heterocycles. The molecule has 0 heterocycles. The maximum absolute atomic E-state index is 13.1. The zero-order valence-corrected chi connectivity index (χ0v) is 14.6. The summed E-state index contributed by atoms with van der Waals surface area (Å²) in [5.74, 6) is -0.149. The van der Waals surface area contributed by atoms with E-state index in [0.29, 0.717) is 11.6 Å². The van der Waals surface area contributed by atoms with Crippen LogP contribution in [-0.2, 0) is 5.41 Å². The van der Waals surface area contributed by atoms with Gasteiger partial charge in [-0.15, -0.1) is 0 Å². The van der Waals surface area contributed by atoms with Crippen LogP contribution in [0.2, 0.25) is 0 Å². The Balaban J connectivity index is 2.54. The first kappa shape index (κ1) is 19.2. The van der Waals surface area contributed by atoms with E-state index < -0.39 is 26.2 Å². The molecule has 0 saturated carbocycles. The van der Waals surface area contributed by atoms with Crippen LogP contribution in [0.3, 0.4) is 0 Å². The van der Waals surface area contributed by atoms with Gasteiger partial charge in [0.15, 0.2) is 0 Å². The number of hydrogen-bond acceptors (Lipinski definition) is 2. The quantitative estimate of drug-likeness (QED) is 0.448. The molecule has 2 aromatic carbocycles. The average molecular weight is 379 g/mol. The van der Waals surface area contributed by atoms with E-state index in [1.165, 1.54) is 12.1 Å². The van der Waals surface area contributed by atoms with Crippen molar-refractivity contribution in [1.82, 2.24) is 0 Å². The van der Waals surface area contributed by atoms with Crippen LogP contribution in [0, 0.1) is 0 Å². The summed E-state index contributed by atoms with van der Waals surface area (Å²) in [7, 11) is -9.86. The van der Waals surface area contributed by atoms with Gasteiger partial charge in [0.25, 0.3) is 0 Å². The fraction of sp³-hybridized carbons (Fsp3) is 0.235. The standard InChI is InChI=1S/C17H18F5NOS/c1-17(2,3)13-8-6-7-12(16(13)24)11-23-14-9-4-5-10-15(14)25(18,19,20,21)22/h4-11,24H,1-3H3/b23-11+. The van der Waals surface area contributed by atoms with E-state index in [4.69, 9.17) is 0 Å². The third kappa shape index (κ3) is 4.50. The maximum Gasteiger partial charge on any atom is 0.312 e. The Labute approximate surface area is 142 Å². The smallest absolute Gasteiger partial charge is 0.312 e. The summed E-state index contributed by atoms with van der Waals surface area (Å²) < 4.78 is 65.6. The van der Waals surface area contributed by atoms with Crippen LogP contribution in [0.5, 0.6) is 5.75 Å². The largest absolute Gasteiger partial charge is 0.507 e. The predicted molar refractivity (Wildman–Crippen MR) is 91.9 cm³/mol. The molecule has 1 N–H and O–H groups in total. The summed E-state index contributed by atoms with van der Waals surface area (Å²) in [6.45, 7) is 5.56. The van der Waals surface area contributed by atoms with Gasteiger partial charge in [-0.05, 0) is 29.2 Å². The number of aliphatic imine (C=N–C) groups is 1. The van der Waals surface area contributed by atoms with Crippen LogP contribution < -0.4 is 0 Å². The van der Waals surface area contributed by atoms with E-state index in [0.717, 1.165) is 18.3 Å². The van der Waals surface area contributed by atoms with Crippen LogP contribution in [-0.4, -0.2) is 11.3 Å². The van der Waals surface area contributed by atoms with Crippen LogP contribution in [0.4, 0.5) is 25.1 Å². The molecule has 0 bridgehead atoms. The SMILES string of the molecule is CC(C)(C)c1cccc(/C=N/c2ccccc2S(F)(F)(F)(F)F)c1O. The fourth-order valence-corrected chi connectivity index (χ4v) is 3.15. The number of phenols is 1. The van der Waals surface area contributed by atoms with Crippen molar-refractivity contribution in [3.63, 3.8) is 0 Å². The van der Waals surface area contributed by atoms with Gasteiger partial charge in [0.2, 0.25) is 0 Å². The molecule has 0 atom stereocenters. The van der Waals surface area contributed by atoms with Crippen LogP contribution in [0.15, 0.2) is 52.4 Å². The lowest BCUT2D eigenvalue weighted by molar-refractivity contribution is 0.364. The van der Waals surface area contributed by atoms with Gasteiger partial charge >= 0.3 is 10.2 Å². The van der Waals surface area contributed by atoms with Crippen molar-refractivity contribution in [2.24, 2.45) is 4.99 Å². The molecule has 25 heavy (non-hydrogen) atoms. The normalized spacial score (nSPS) is 15.8. The van der Waals surface area contributed by atoms with E-state index in [1.54, 1.807) is 12.1 Å². The van der Waals surface area contributed by atoms with Gasteiger partial charge in [0.1, 0.15) is 10.6 Å². The summed E-state index contributed by atoms with van der Waals surface area (Å²) in [5.41, 5.74) is -0.598. The molecule has 2 aromatic rings. The molecule has 2 rings (SSSR count). The van der Waals surface area contributed by atoms with Crippen molar-refractivity contribution in [2.45, 2.75) is 31.1 Å². The number of phenolic OH excluding ortho intramolecular Hbond substituents is 1. The number of nitrogens with zero attached hydrogens (tertiary/aromatic N) is 1. The Kier molecular flexibility index (Phi) is 4.00. The molecule has 0 amide bonds. The average Bonchev–Trinajstić information content (AvgIpc) is 2.43. The molecule has 2 nitrogen and oxygen atoms in total. The fourth-order valence-electron chi connectivity index (χ4n) is 2.30. The second kappa shape index (κ2) is 5.20. The molecule has 0 spiro atoms. The van der Waals surface area contributed by atoms with Crippen LogP contribution >= 0.6 is 10.2 Å². The van der Waals surface area contributed by atoms with Crippen molar-refractivity contribution in [3.05, 3.63) is 53.6 Å². The highest BCUT2D eigenvalue weighted by Crippen LogP contribution is 3.03. The zero-order valence-electron chi connectivity index (χ0n) is 13.8. The van der Waals surface area contributed by atoms with Crippen molar-refractivity contribution in [3.8, 4) is 5.75 Å². The highest BCUT2D eigenvalue weighted by atomic mass is 32.5. The molecule has 0 aliphatic heterocycles. The Bertz CT molecular complexity index is 839. The van der Waals surface area contributed by atoms with Crippen molar-refractivity contribution < 1.29 is 24.5 Å². The zero-order chi connectivity index (χ0) is 19.2. The van der Waals surface area contributed by atoms with Gasteiger partial charge in [-0.1, -0.05) is 64.5 Å². The Morgan fingerprint density at radius 1 is 0.920 bits per heavy atom. The summed E-state index contributed by atoms with van der Waals surface area (Å²) in [6, 6.07) is 7.95. The molecule has 0 unspecified atom stereocenters. The van der Waals surface area contributed by atoms with Crippen LogP contribution in [0.25, 0.3) is 0 Å². The van der Waals surface area contributed by atoms with Crippen molar-refractivity contribution in [2.75, 3.05) is 0 Å². The van der Waals surface area contributed by atoms with Crippen LogP contribution in [0.1, 0.15) is 31.9 Å². The third-order valence-electron chi connectivity index (χ3n) is 3.50. The topological polar surface area (TPSA) is 32.6 Å². The van der Waals surface area contributed by atoms with Gasteiger partial charge in [0, 0.05) is 11.8 Å². The molecular weight excluding hydrogens is 361 g/mol. The number of benzene rings is 2. The Morgan fingerprint density at radius 3 is 2.08 bits per heavy atom. The van der Waals surface area contributed by atoms with Gasteiger partial charge < -0.3 is 5.11 Å². The van der Waals surface area contributed by atoms with E-state index in [-0.39, 0.29) is 11.3 Å². The third-order valence-corrected chi connectivity index (χ3v) is 4.68. The lowest BCUT2D eigenvalue weighted by atomic mass is 9.85. The molecule has 0 fully saturated rings. The summed E-state index contributed by atoms with van der Waals surface area (Å²) >= 11 is 0. The molecule has 0 radical (unpaired) electrons. The molecular formula is C17H18F5NOS. The summed E-state index contributed by atoms with van der Waals surface area (Å²) in [6.07, 6.45) is 0.951. The highest BCUT2D eigenvalue weighted by Gasteiger charge is 2.66. The second-order valence-electron chi connectivity index (χ2n) is 6.69. The van der Waals surface area contributed by atoms with Gasteiger partial charge in [-0.2, -0.15) is 0 Å². The Hall–Kier alpha value is -2.09. The molecule has 138 valence electrons. The lowest BCUT2D eigenvalue weighted by Gasteiger charge is -2.41. The minimum Gasteiger partial charge on any atom is -0.507 e. The molecule has 0 aliphatic rings. The second-order valence-corrected chi connectivity index (χ2v) is 9.07. The minimum atomic E-state index is -9.86. The van der Waals surface area contributed by atoms with Gasteiger partial charge in [-0.25, -0.2) is 0 Å². The Morgan fingerprint density at radius 2 is 1.52 bits per heavy atom. The van der Waals surface area contributed by atoms with E-state index in [2.05, 4.69) is 4.99 Å². The first-order valence-electron chi connectivity index (χ1n) is 7.29. The number of para-hydroxylation sites is 2. The monoisotopic (exact) mass is 379 g/mol. The van der Waals surface area contributed by atoms with Crippen molar-refractivity contribution >= 4 is 22.1 Å². The van der Waals surface area contributed by atoms with Gasteiger partial charge in [-0.3, -0.25) is 4.99 Å². The van der Waals surface area contributed by atoms with Crippen molar-refractivity contribution in [1.29, 1.82) is 0 Å². The molecule has 8 heteroatoms. The first-order chi connectivity index (χ1) is 11.1. The predicted octanol–water partition coefficient (Wildman–Crippen LogP) is 7.10. The van der Waals surface area contributed by atoms with E-state index >= 15 is 0 Å². The lowest BCUT2D eigenvalue weighted by Crippen LogP contribution is -2.11. The number of rotatable bonds is 3.